The maximum Gasteiger partial charge on any atom is 0.266 e. The van der Waals surface area contributed by atoms with E-state index in [9.17, 15) is 14.4 Å². The summed E-state index contributed by atoms with van der Waals surface area (Å²) in [6, 6.07) is 16.6. The molecular formula is C19H13FN2O2. The first kappa shape index (κ1) is 15.5. The number of hydrogen-bond donors (Lipinski definition) is 1. The lowest BCUT2D eigenvalue weighted by molar-refractivity contribution is 0.415. The van der Waals surface area contributed by atoms with Gasteiger partial charge in [0.2, 0.25) is 0 Å². The molecule has 0 bridgehead atoms. The molecule has 0 radical (unpaired) electrons. The number of aromatic nitrogens is 1. The molecule has 0 fully saturated rings. The summed E-state index contributed by atoms with van der Waals surface area (Å²) in [6.07, 6.45) is 0. The van der Waals surface area contributed by atoms with E-state index < -0.39 is 11.4 Å². The first-order valence-corrected chi connectivity index (χ1v) is 7.21. The molecule has 0 unspecified atom stereocenters. The molecule has 0 aliphatic heterocycles. The summed E-state index contributed by atoms with van der Waals surface area (Å²) >= 11 is 0. The fourth-order valence-corrected chi connectivity index (χ4v) is 2.49. The fraction of sp³-hybridized carbons (Fsp3) is 0.0526. The molecule has 118 valence electrons. The number of halogens is 1. The van der Waals surface area contributed by atoms with E-state index in [1.807, 2.05) is 6.07 Å². The Hall–Kier alpha value is -3.39. The zero-order valence-electron chi connectivity index (χ0n) is 12.8. The van der Waals surface area contributed by atoms with Gasteiger partial charge >= 0.3 is 0 Å². The molecule has 0 atom stereocenters. The third-order valence-corrected chi connectivity index (χ3v) is 3.71. The Morgan fingerprint density at radius 1 is 1.08 bits per heavy atom. The van der Waals surface area contributed by atoms with Crippen LogP contribution in [0.25, 0.3) is 22.4 Å². The van der Waals surface area contributed by atoms with Gasteiger partial charge < -0.3 is 9.72 Å². The van der Waals surface area contributed by atoms with E-state index in [0.717, 1.165) is 5.56 Å². The van der Waals surface area contributed by atoms with Crippen LogP contribution in [0.1, 0.15) is 5.56 Å². The van der Waals surface area contributed by atoms with E-state index in [-0.39, 0.29) is 16.7 Å². The zero-order valence-corrected chi connectivity index (χ0v) is 12.8. The second kappa shape index (κ2) is 6.39. The number of nitrogens with one attached hydrogen (secondary N) is 1. The van der Waals surface area contributed by atoms with E-state index in [1.54, 1.807) is 55.6 Å². The highest BCUT2D eigenvalue weighted by Crippen LogP contribution is 2.28. The van der Waals surface area contributed by atoms with Crippen molar-refractivity contribution in [2.24, 2.45) is 0 Å². The number of ether oxygens (including phenoxy) is 1. The van der Waals surface area contributed by atoms with Gasteiger partial charge in [0, 0.05) is 16.8 Å². The van der Waals surface area contributed by atoms with Crippen molar-refractivity contribution < 1.29 is 9.13 Å². The summed E-state index contributed by atoms with van der Waals surface area (Å²) in [5.41, 5.74) is 1.05. The highest BCUT2D eigenvalue weighted by atomic mass is 19.1. The van der Waals surface area contributed by atoms with Crippen molar-refractivity contribution >= 4 is 0 Å². The highest BCUT2D eigenvalue weighted by Gasteiger charge is 2.15. The van der Waals surface area contributed by atoms with Crippen LogP contribution in [-0.4, -0.2) is 12.1 Å². The van der Waals surface area contributed by atoms with Crippen LogP contribution in [0.4, 0.5) is 4.39 Å². The minimum absolute atomic E-state index is 0.114. The van der Waals surface area contributed by atoms with Crippen LogP contribution in [-0.2, 0) is 0 Å². The van der Waals surface area contributed by atoms with Gasteiger partial charge in [-0.2, -0.15) is 5.26 Å². The predicted octanol–water partition coefficient (Wildman–Crippen LogP) is 3.73. The molecule has 0 saturated carbocycles. The Morgan fingerprint density at radius 2 is 1.79 bits per heavy atom. The summed E-state index contributed by atoms with van der Waals surface area (Å²) < 4.78 is 19.2. The maximum absolute atomic E-state index is 14.1. The Labute approximate surface area is 137 Å². The molecule has 4 nitrogen and oxygen atoms in total. The van der Waals surface area contributed by atoms with Gasteiger partial charge in [-0.05, 0) is 42.0 Å². The second-order valence-corrected chi connectivity index (χ2v) is 5.12. The van der Waals surface area contributed by atoms with Gasteiger partial charge in [0.05, 0.1) is 7.11 Å². The lowest BCUT2D eigenvalue weighted by atomic mass is 9.98. The topological polar surface area (TPSA) is 65.9 Å². The third kappa shape index (κ3) is 2.77. The molecule has 3 aromatic rings. The minimum atomic E-state index is -0.552. The lowest BCUT2D eigenvalue weighted by Crippen LogP contribution is -2.13. The van der Waals surface area contributed by atoms with Crippen LogP contribution < -0.4 is 10.3 Å². The van der Waals surface area contributed by atoms with Crippen molar-refractivity contribution in [3.8, 4) is 34.2 Å². The molecule has 0 saturated heterocycles. The van der Waals surface area contributed by atoms with Crippen molar-refractivity contribution in [2.45, 2.75) is 0 Å². The summed E-state index contributed by atoms with van der Waals surface area (Å²) in [5, 5.41) is 9.27. The number of nitriles is 1. The first-order chi connectivity index (χ1) is 11.6. The van der Waals surface area contributed by atoms with Crippen molar-refractivity contribution in [1.82, 2.24) is 4.98 Å². The van der Waals surface area contributed by atoms with E-state index in [2.05, 4.69) is 4.98 Å². The molecule has 3 rings (SSSR count). The van der Waals surface area contributed by atoms with Gasteiger partial charge in [-0.25, -0.2) is 4.39 Å². The van der Waals surface area contributed by atoms with Gasteiger partial charge in [-0.1, -0.05) is 18.2 Å². The number of methoxy groups -OCH3 is 1. The first-order valence-electron chi connectivity index (χ1n) is 7.21. The zero-order chi connectivity index (χ0) is 17.1. The average Bonchev–Trinajstić information content (AvgIpc) is 2.61. The van der Waals surface area contributed by atoms with Crippen molar-refractivity contribution in [2.75, 3.05) is 7.11 Å². The molecule has 24 heavy (non-hydrogen) atoms. The van der Waals surface area contributed by atoms with Crippen LogP contribution in [0.3, 0.4) is 0 Å². The third-order valence-electron chi connectivity index (χ3n) is 3.71. The molecule has 1 aromatic heterocycles. The Kier molecular flexibility index (Phi) is 4.13. The van der Waals surface area contributed by atoms with Crippen molar-refractivity contribution in [1.29, 1.82) is 5.26 Å². The summed E-state index contributed by atoms with van der Waals surface area (Å²) in [6.45, 7) is 0. The normalized spacial score (nSPS) is 10.2. The molecule has 2 aromatic carbocycles. The Bertz CT molecular complexity index is 985. The number of aromatic amines is 1. The van der Waals surface area contributed by atoms with Crippen molar-refractivity contribution in [3.05, 3.63) is 76.3 Å². The average molecular weight is 320 g/mol. The minimum Gasteiger partial charge on any atom is -0.497 e. The van der Waals surface area contributed by atoms with Gasteiger partial charge in [0.1, 0.15) is 23.2 Å². The summed E-state index contributed by atoms with van der Waals surface area (Å²) in [5.74, 6) is 0.198. The molecule has 0 spiro atoms. The summed E-state index contributed by atoms with van der Waals surface area (Å²) in [4.78, 5) is 14.9. The highest BCUT2D eigenvalue weighted by molar-refractivity contribution is 5.75. The van der Waals surface area contributed by atoms with Gasteiger partial charge in [0.15, 0.2) is 0 Å². The molecule has 1 N–H and O–H groups in total. The van der Waals surface area contributed by atoms with E-state index >= 15 is 0 Å². The standard InChI is InChI=1S/C19H13FN2O2/c1-24-13-8-6-12(7-9-13)18-10-15(16(11-21)19(23)22-18)14-4-2-3-5-17(14)20/h2-10H,1H3,(H,22,23). The molecule has 0 aliphatic rings. The smallest absolute Gasteiger partial charge is 0.266 e. The number of benzene rings is 2. The van der Waals surface area contributed by atoms with Crippen molar-refractivity contribution in [3.63, 3.8) is 0 Å². The second-order valence-electron chi connectivity index (χ2n) is 5.12. The largest absolute Gasteiger partial charge is 0.497 e. The van der Waals surface area contributed by atoms with E-state index in [1.165, 1.54) is 6.07 Å². The number of H-pyrrole nitrogens is 1. The number of rotatable bonds is 3. The Balaban J connectivity index is 2.22. The van der Waals surface area contributed by atoms with Gasteiger partial charge in [-0.15, -0.1) is 0 Å². The SMILES string of the molecule is COc1ccc(-c2cc(-c3ccccc3F)c(C#N)c(=O)[nH]2)cc1. The Morgan fingerprint density at radius 3 is 2.42 bits per heavy atom. The predicted molar refractivity (Wildman–Crippen MR) is 89.2 cm³/mol. The maximum atomic E-state index is 14.1. The quantitative estimate of drug-likeness (QED) is 0.799. The molecule has 0 amide bonds. The monoisotopic (exact) mass is 320 g/mol. The summed E-state index contributed by atoms with van der Waals surface area (Å²) in [7, 11) is 1.56. The van der Waals surface area contributed by atoms with Crippen LogP contribution in [0, 0.1) is 17.1 Å². The van der Waals surface area contributed by atoms with Crippen LogP contribution >= 0.6 is 0 Å². The van der Waals surface area contributed by atoms with E-state index in [0.29, 0.717) is 11.4 Å². The fourth-order valence-electron chi connectivity index (χ4n) is 2.49. The number of nitrogens with zero attached hydrogens (tertiary/aromatic N) is 1. The molecule has 0 aliphatic carbocycles. The molecule has 1 heterocycles. The van der Waals surface area contributed by atoms with Gasteiger partial charge in [0.25, 0.3) is 5.56 Å². The van der Waals surface area contributed by atoms with E-state index in [4.69, 9.17) is 4.74 Å². The number of pyridine rings is 1. The van der Waals surface area contributed by atoms with Crippen LogP contribution in [0.15, 0.2) is 59.4 Å². The van der Waals surface area contributed by atoms with Crippen LogP contribution in [0.5, 0.6) is 5.75 Å². The lowest BCUT2D eigenvalue weighted by Gasteiger charge is -2.09. The number of hydrogen-bond acceptors (Lipinski definition) is 3. The molecular weight excluding hydrogens is 307 g/mol. The van der Waals surface area contributed by atoms with Crippen LogP contribution in [0.2, 0.25) is 0 Å². The molecule has 5 heteroatoms. The van der Waals surface area contributed by atoms with Gasteiger partial charge in [-0.3, -0.25) is 4.79 Å².